The molecule has 1 atom stereocenters. The number of piperidine rings is 1. The van der Waals surface area contributed by atoms with Gasteiger partial charge < -0.3 is 25.7 Å². The highest BCUT2D eigenvalue weighted by Crippen LogP contribution is 2.38. The van der Waals surface area contributed by atoms with Crippen LogP contribution in [0.1, 0.15) is 44.2 Å². The zero-order chi connectivity index (χ0) is 29.1. The highest BCUT2D eigenvalue weighted by molar-refractivity contribution is 7.71. The molecule has 2 amide bonds. The van der Waals surface area contributed by atoms with E-state index in [9.17, 15) is 15.0 Å². The number of nitrogens with two attached hydrogens (primary N) is 1. The summed E-state index contributed by atoms with van der Waals surface area (Å²) in [5, 5.41) is 28.3. The number of piperazine rings is 1. The van der Waals surface area contributed by atoms with Crippen LogP contribution >= 0.6 is 12.2 Å². The van der Waals surface area contributed by atoms with Crippen molar-refractivity contribution in [2.24, 2.45) is 11.7 Å². The molecular weight excluding hydrogens is 538 g/mol. The minimum absolute atomic E-state index is 0.0437. The first-order chi connectivity index (χ1) is 19.7. The molecule has 41 heavy (non-hydrogen) atoms. The number of primary amides is 1. The smallest absolute Gasteiger partial charge is 0.314 e. The summed E-state index contributed by atoms with van der Waals surface area (Å²) in [6, 6.07) is 2.68. The summed E-state index contributed by atoms with van der Waals surface area (Å²) in [6.45, 7) is 11.6. The number of amides is 2. The van der Waals surface area contributed by atoms with Gasteiger partial charge in [0.05, 0.1) is 11.6 Å². The number of urea groups is 1. The molecule has 2 fully saturated rings. The van der Waals surface area contributed by atoms with Crippen LogP contribution in [0.25, 0.3) is 11.4 Å². The number of benzene rings is 1. The number of nitrogens with one attached hydrogen (secondary N) is 1. The molecule has 220 valence electrons. The van der Waals surface area contributed by atoms with Gasteiger partial charge in [-0.15, -0.1) is 0 Å². The molecule has 1 unspecified atom stereocenters. The predicted octanol–water partition coefficient (Wildman–Crippen LogP) is 4.14. The van der Waals surface area contributed by atoms with Crippen LogP contribution < -0.4 is 5.73 Å². The van der Waals surface area contributed by atoms with Crippen LogP contribution in [0.3, 0.4) is 0 Å². The number of hydrogen-bond donors (Lipinski definition) is 4. The van der Waals surface area contributed by atoms with Gasteiger partial charge in [-0.3, -0.25) is 14.6 Å². The monoisotopic (exact) mass is 579 g/mol. The molecule has 11 heteroatoms. The molecule has 2 aliphatic heterocycles. The van der Waals surface area contributed by atoms with Crippen LogP contribution in [0.2, 0.25) is 0 Å². The number of likely N-dealkylation sites (tertiary alicyclic amines) is 1. The summed E-state index contributed by atoms with van der Waals surface area (Å²) < 4.78 is 2.35. The molecule has 1 aliphatic carbocycles. The van der Waals surface area contributed by atoms with E-state index in [4.69, 9.17) is 18.0 Å². The van der Waals surface area contributed by atoms with Crippen molar-refractivity contribution < 1.29 is 15.0 Å². The van der Waals surface area contributed by atoms with Crippen LogP contribution in [-0.2, 0) is 0 Å². The number of aromatic amines is 1. The average Bonchev–Trinajstić information content (AvgIpc) is 3.17. The van der Waals surface area contributed by atoms with E-state index in [-0.39, 0.29) is 29.5 Å². The Hall–Kier alpha value is -3.41. The Morgan fingerprint density at radius 2 is 1.78 bits per heavy atom. The molecule has 1 aromatic carbocycles. The molecule has 10 nitrogen and oxygen atoms in total. The van der Waals surface area contributed by atoms with Gasteiger partial charge in [0.1, 0.15) is 11.5 Å². The average molecular weight is 580 g/mol. The maximum Gasteiger partial charge on any atom is 0.314 e. The van der Waals surface area contributed by atoms with Gasteiger partial charge in [-0.2, -0.15) is 5.10 Å². The zero-order valence-corrected chi connectivity index (χ0v) is 24.7. The summed E-state index contributed by atoms with van der Waals surface area (Å²) in [5.74, 6) is 1.26. The quantitative estimate of drug-likeness (QED) is 0.363. The molecule has 0 radical (unpaired) electrons. The van der Waals surface area contributed by atoms with Crippen LogP contribution in [0, 0.1) is 10.7 Å². The summed E-state index contributed by atoms with van der Waals surface area (Å²) >= 11 is 5.59. The number of phenolic OH excluding ortho intramolecular Hbond substituents is 2. The number of hydrogen-bond acceptors (Lipinski definition) is 7. The largest absolute Gasteiger partial charge is 0.508 e. The maximum absolute atomic E-state index is 11.4. The fourth-order valence-electron chi connectivity index (χ4n) is 6.01. The second-order valence-electron chi connectivity index (χ2n) is 11.6. The molecular formula is C30H41N7O3S. The number of allylic oxidation sites excluding steroid dienone is 4. The lowest BCUT2D eigenvalue weighted by molar-refractivity contribution is 0.105. The van der Waals surface area contributed by atoms with Gasteiger partial charge in [-0.25, -0.2) is 4.79 Å². The van der Waals surface area contributed by atoms with Crippen LogP contribution in [0.5, 0.6) is 11.5 Å². The van der Waals surface area contributed by atoms with Crippen molar-refractivity contribution in [2.75, 3.05) is 52.4 Å². The van der Waals surface area contributed by atoms with Gasteiger partial charge in [0.15, 0.2) is 10.6 Å². The highest BCUT2D eigenvalue weighted by atomic mass is 32.1. The molecule has 0 spiro atoms. The Bertz CT molecular complexity index is 1390. The fraction of sp³-hybridized carbons (Fsp3) is 0.500. The van der Waals surface area contributed by atoms with E-state index in [0.717, 1.165) is 70.8 Å². The lowest BCUT2D eigenvalue weighted by atomic mass is 9.96. The number of H-pyrrole nitrogens is 1. The zero-order valence-electron chi connectivity index (χ0n) is 23.9. The van der Waals surface area contributed by atoms with E-state index >= 15 is 0 Å². The van der Waals surface area contributed by atoms with Gasteiger partial charge in [0, 0.05) is 58.4 Å². The molecule has 5 N–H and O–H groups in total. The van der Waals surface area contributed by atoms with Gasteiger partial charge in [0.25, 0.3) is 0 Å². The van der Waals surface area contributed by atoms with Crippen molar-refractivity contribution in [2.45, 2.75) is 38.6 Å². The van der Waals surface area contributed by atoms with E-state index in [2.05, 4.69) is 50.4 Å². The number of carbonyl (C=O) groups is 1. The molecule has 1 aromatic heterocycles. The minimum atomic E-state index is -0.301. The van der Waals surface area contributed by atoms with E-state index in [1.165, 1.54) is 11.6 Å². The second kappa shape index (κ2) is 12.6. The number of aromatic hydroxyl groups is 2. The summed E-state index contributed by atoms with van der Waals surface area (Å²) in [4.78, 5) is 18.2. The van der Waals surface area contributed by atoms with E-state index in [1.54, 1.807) is 11.0 Å². The van der Waals surface area contributed by atoms with Crippen LogP contribution in [-0.4, -0.2) is 98.1 Å². The van der Waals surface area contributed by atoms with Gasteiger partial charge in [0.2, 0.25) is 0 Å². The summed E-state index contributed by atoms with van der Waals surface area (Å²) in [6.07, 6.45) is 12.6. The van der Waals surface area contributed by atoms with Crippen molar-refractivity contribution in [3.63, 3.8) is 0 Å². The number of phenols is 2. The third-order valence-corrected chi connectivity index (χ3v) is 8.74. The first-order valence-electron chi connectivity index (χ1n) is 14.5. The third kappa shape index (κ3) is 6.74. The Labute approximate surface area is 246 Å². The Kier molecular flexibility index (Phi) is 8.96. The van der Waals surface area contributed by atoms with Gasteiger partial charge >= 0.3 is 6.03 Å². The topological polar surface area (TPSA) is 127 Å². The Morgan fingerprint density at radius 3 is 2.46 bits per heavy atom. The van der Waals surface area contributed by atoms with Crippen molar-refractivity contribution >= 4 is 18.2 Å². The first-order valence-corrected chi connectivity index (χ1v) is 14.9. The number of rotatable bonds is 7. The first kappa shape index (κ1) is 29.1. The number of carbonyl (C=O) groups excluding carboxylic acids is 1. The SMILES string of the molecule is CC(C)c1cc(-c2n[nH]c(=S)n2C2C=CC=C(CN3CCN(CC4CCN(C(N)=O)CC4)CC3)C=C2)c(O)cc1O. The summed E-state index contributed by atoms with van der Waals surface area (Å²) in [5.41, 5.74) is 7.91. The normalized spacial score (nSPS) is 20.9. The maximum atomic E-state index is 11.4. The molecule has 2 saturated heterocycles. The molecule has 3 heterocycles. The Morgan fingerprint density at radius 1 is 1.07 bits per heavy atom. The van der Waals surface area contributed by atoms with Crippen molar-refractivity contribution in [3.8, 4) is 22.9 Å². The van der Waals surface area contributed by atoms with Gasteiger partial charge in [-0.1, -0.05) is 44.2 Å². The predicted molar refractivity (Wildman–Crippen MR) is 162 cm³/mol. The summed E-state index contributed by atoms with van der Waals surface area (Å²) in [7, 11) is 0. The molecule has 0 bridgehead atoms. The number of nitrogens with zero attached hydrogens (tertiary/aromatic N) is 5. The Balaban J connectivity index is 1.19. The van der Waals surface area contributed by atoms with E-state index in [1.807, 2.05) is 18.4 Å². The molecule has 2 aromatic rings. The second-order valence-corrected chi connectivity index (χ2v) is 12.0. The fourth-order valence-corrected chi connectivity index (χ4v) is 6.26. The number of aromatic nitrogens is 3. The van der Waals surface area contributed by atoms with Crippen molar-refractivity contribution in [3.05, 3.63) is 58.4 Å². The van der Waals surface area contributed by atoms with E-state index in [0.29, 0.717) is 22.1 Å². The van der Waals surface area contributed by atoms with Crippen LogP contribution in [0.4, 0.5) is 4.79 Å². The molecule has 0 saturated carbocycles. The van der Waals surface area contributed by atoms with Crippen molar-refractivity contribution in [1.82, 2.24) is 29.5 Å². The minimum Gasteiger partial charge on any atom is -0.508 e. The lowest BCUT2D eigenvalue weighted by Crippen LogP contribution is -2.49. The molecule has 3 aliphatic rings. The van der Waals surface area contributed by atoms with E-state index < -0.39 is 0 Å². The standard InChI is InChI=1S/C30H41N7O3S/c1-20(2)24-16-25(27(39)17-26(24)38)28-32-33-30(41)37(28)23-5-3-4-21(6-7-23)18-34-12-14-35(15-13-34)19-22-8-10-36(11-9-22)29(31)40/h3-7,16-17,20,22-23,38-39H,8-15,18-19H2,1-2H3,(H2,31,40)(H,33,41). The van der Waals surface area contributed by atoms with Crippen LogP contribution in [0.15, 0.2) is 48.1 Å². The van der Waals surface area contributed by atoms with Gasteiger partial charge in [-0.05, 0) is 54.1 Å². The highest BCUT2D eigenvalue weighted by Gasteiger charge is 2.25. The van der Waals surface area contributed by atoms with Crippen molar-refractivity contribution in [1.29, 1.82) is 0 Å². The third-order valence-electron chi connectivity index (χ3n) is 8.45. The lowest BCUT2D eigenvalue weighted by Gasteiger charge is -2.38. The molecule has 5 rings (SSSR count).